The van der Waals surface area contributed by atoms with Crippen LogP contribution in [0.5, 0.6) is 0 Å². The van der Waals surface area contributed by atoms with Crippen molar-refractivity contribution in [2.75, 3.05) is 6.54 Å². The Balaban J connectivity index is 2.54. The first-order chi connectivity index (χ1) is 7.00. The molecule has 4 nitrogen and oxygen atoms in total. The van der Waals surface area contributed by atoms with Crippen molar-refractivity contribution in [3.05, 3.63) is 17.0 Å². The highest BCUT2D eigenvalue weighted by molar-refractivity contribution is 5.37. The number of rotatable bonds is 2. The van der Waals surface area contributed by atoms with E-state index in [1.54, 1.807) is 0 Å². The highest BCUT2D eigenvalue weighted by atomic mass is 16.5. The van der Waals surface area contributed by atoms with Gasteiger partial charge in [-0.25, -0.2) is 0 Å². The van der Waals surface area contributed by atoms with Gasteiger partial charge < -0.3 is 15.4 Å². The van der Waals surface area contributed by atoms with Crippen molar-refractivity contribution in [2.24, 2.45) is 11.7 Å². The van der Waals surface area contributed by atoms with Crippen molar-refractivity contribution in [2.45, 2.75) is 38.7 Å². The van der Waals surface area contributed by atoms with E-state index in [0.29, 0.717) is 0 Å². The molecule has 0 aliphatic heterocycles. The van der Waals surface area contributed by atoms with Gasteiger partial charge in [-0.3, -0.25) is 0 Å². The summed E-state index contributed by atoms with van der Waals surface area (Å²) in [5, 5.41) is 14.5. The molecule has 4 heteroatoms. The summed E-state index contributed by atoms with van der Waals surface area (Å²) in [7, 11) is 0. The van der Waals surface area contributed by atoms with Crippen LogP contribution in [-0.4, -0.2) is 16.8 Å². The molecular weight excluding hydrogens is 192 g/mol. The maximum absolute atomic E-state index is 10.5. The molecule has 2 atom stereocenters. The quantitative estimate of drug-likeness (QED) is 0.767. The molecule has 0 bridgehead atoms. The standard InChI is InChI=1S/C11H18N2O2/c1-6(2)10-9-8(15-13-10)4-7(3)11(9,14)5-12/h6-7,14H,4-5,12H2,1-3H3. The summed E-state index contributed by atoms with van der Waals surface area (Å²) < 4.78 is 5.27. The summed E-state index contributed by atoms with van der Waals surface area (Å²) in [5.41, 5.74) is 6.42. The molecule has 0 saturated heterocycles. The zero-order valence-electron chi connectivity index (χ0n) is 9.45. The summed E-state index contributed by atoms with van der Waals surface area (Å²) in [6.07, 6.45) is 0.725. The third-order valence-corrected chi connectivity index (χ3v) is 3.39. The van der Waals surface area contributed by atoms with E-state index in [2.05, 4.69) is 5.16 Å². The highest BCUT2D eigenvalue weighted by Crippen LogP contribution is 2.44. The normalized spacial score (nSPS) is 29.9. The minimum atomic E-state index is -0.949. The molecule has 2 unspecified atom stereocenters. The smallest absolute Gasteiger partial charge is 0.143 e. The zero-order valence-corrected chi connectivity index (χ0v) is 9.45. The Labute approximate surface area is 89.4 Å². The average Bonchev–Trinajstić information content (AvgIpc) is 2.68. The fraction of sp³-hybridized carbons (Fsp3) is 0.727. The van der Waals surface area contributed by atoms with Gasteiger partial charge in [0, 0.05) is 13.0 Å². The van der Waals surface area contributed by atoms with Crippen molar-refractivity contribution in [1.29, 1.82) is 0 Å². The molecule has 1 aromatic heterocycles. The summed E-state index contributed by atoms with van der Waals surface area (Å²) in [6, 6.07) is 0. The predicted octanol–water partition coefficient (Wildman–Crippen LogP) is 1.14. The monoisotopic (exact) mass is 210 g/mol. The van der Waals surface area contributed by atoms with Crippen molar-refractivity contribution in [1.82, 2.24) is 5.16 Å². The largest absolute Gasteiger partial charge is 0.383 e. The van der Waals surface area contributed by atoms with E-state index in [1.165, 1.54) is 0 Å². The van der Waals surface area contributed by atoms with Gasteiger partial charge in [-0.05, 0) is 11.8 Å². The van der Waals surface area contributed by atoms with Crippen LogP contribution in [0.25, 0.3) is 0 Å². The van der Waals surface area contributed by atoms with E-state index in [1.807, 2.05) is 20.8 Å². The molecule has 1 aliphatic carbocycles. The Hall–Kier alpha value is -0.870. The van der Waals surface area contributed by atoms with Crippen LogP contribution in [0.15, 0.2) is 4.52 Å². The number of nitrogens with zero attached hydrogens (tertiary/aromatic N) is 1. The Morgan fingerprint density at radius 3 is 2.87 bits per heavy atom. The van der Waals surface area contributed by atoms with Gasteiger partial charge in [0.1, 0.15) is 11.4 Å². The second kappa shape index (κ2) is 3.32. The van der Waals surface area contributed by atoms with Gasteiger partial charge in [-0.15, -0.1) is 0 Å². The van der Waals surface area contributed by atoms with Crippen LogP contribution in [0.3, 0.4) is 0 Å². The number of nitrogens with two attached hydrogens (primary N) is 1. The Bertz CT molecular complexity index is 373. The van der Waals surface area contributed by atoms with Crippen LogP contribution in [-0.2, 0) is 12.0 Å². The second-order valence-electron chi connectivity index (χ2n) is 4.75. The first kappa shape index (κ1) is 10.6. The molecule has 0 saturated carbocycles. The lowest BCUT2D eigenvalue weighted by Gasteiger charge is -2.27. The summed E-state index contributed by atoms with van der Waals surface area (Å²) in [5.74, 6) is 1.16. The van der Waals surface area contributed by atoms with Gasteiger partial charge in [0.15, 0.2) is 0 Å². The van der Waals surface area contributed by atoms with Gasteiger partial charge in [0.05, 0.1) is 11.3 Å². The molecule has 3 N–H and O–H groups in total. The van der Waals surface area contributed by atoms with Crippen LogP contribution in [0, 0.1) is 5.92 Å². The predicted molar refractivity (Wildman–Crippen MR) is 56.4 cm³/mol. The van der Waals surface area contributed by atoms with Crippen LogP contribution >= 0.6 is 0 Å². The van der Waals surface area contributed by atoms with Gasteiger partial charge in [-0.1, -0.05) is 25.9 Å². The van der Waals surface area contributed by atoms with Crippen LogP contribution < -0.4 is 5.73 Å². The maximum Gasteiger partial charge on any atom is 0.143 e. The molecule has 1 aliphatic rings. The number of fused-ring (bicyclic) bond motifs is 1. The highest BCUT2D eigenvalue weighted by Gasteiger charge is 2.47. The van der Waals surface area contributed by atoms with E-state index in [0.717, 1.165) is 23.4 Å². The van der Waals surface area contributed by atoms with Crippen LogP contribution in [0.2, 0.25) is 0 Å². The lowest BCUT2D eigenvalue weighted by atomic mass is 9.86. The van der Waals surface area contributed by atoms with Crippen molar-refractivity contribution >= 4 is 0 Å². The van der Waals surface area contributed by atoms with Gasteiger partial charge in [0.25, 0.3) is 0 Å². The molecule has 0 radical (unpaired) electrons. The fourth-order valence-electron chi connectivity index (χ4n) is 2.33. The molecule has 0 amide bonds. The Morgan fingerprint density at radius 1 is 1.67 bits per heavy atom. The van der Waals surface area contributed by atoms with Gasteiger partial charge >= 0.3 is 0 Å². The number of aromatic nitrogens is 1. The topological polar surface area (TPSA) is 72.3 Å². The van der Waals surface area contributed by atoms with Crippen LogP contribution in [0.4, 0.5) is 0 Å². The lowest BCUT2D eigenvalue weighted by Crippen LogP contribution is -2.38. The molecule has 0 spiro atoms. The van der Waals surface area contributed by atoms with E-state index in [9.17, 15) is 5.11 Å². The number of hydrogen-bond donors (Lipinski definition) is 2. The molecule has 1 aromatic rings. The molecule has 84 valence electrons. The zero-order chi connectivity index (χ0) is 11.2. The van der Waals surface area contributed by atoms with E-state index in [-0.39, 0.29) is 18.4 Å². The molecular formula is C11H18N2O2. The van der Waals surface area contributed by atoms with Crippen molar-refractivity contribution in [3.8, 4) is 0 Å². The summed E-state index contributed by atoms with van der Waals surface area (Å²) >= 11 is 0. The molecule has 15 heavy (non-hydrogen) atoms. The fourth-order valence-corrected chi connectivity index (χ4v) is 2.33. The number of aliphatic hydroxyl groups is 1. The average molecular weight is 210 g/mol. The molecule has 1 heterocycles. The minimum Gasteiger partial charge on any atom is -0.383 e. The minimum absolute atomic E-state index is 0.108. The Kier molecular flexibility index (Phi) is 2.35. The van der Waals surface area contributed by atoms with Gasteiger partial charge in [-0.2, -0.15) is 0 Å². The first-order valence-electron chi connectivity index (χ1n) is 5.42. The molecule has 2 rings (SSSR count). The van der Waals surface area contributed by atoms with E-state index < -0.39 is 5.60 Å². The molecule has 0 aromatic carbocycles. The van der Waals surface area contributed by atoms with E-state index in [4.69, 9.17) is 10.3 Å². The third-order valence-electron chi connectivity index (χ3n) is 3.39. The number of hydrogen-bond acceptors (Lipinski definition) is 4. The third kappa shape index (κ3) is 1.32. The first-order valence-corrected chi connectivity index (χ1v) is 5.42. The SMILES string of the molecule is CC(C)c1noc2c1C(O)(CN)C(C)C2. The summed E-state index contributed by atoms with van der Waals surface area (Å²) in [6.45, 7) is 6.30. The van der Waals surface area contributed by atoms with Crippen LogP contribution in [0.1, 0.15) is 43.7 Å². The lowest BCUT2D eigenvalue weighted by molar-refractivity contribution is 0.00341. The molecule has 0 fully saturated rings. The van der Waals surface area contributed by atoms with Crippen molar-refractivity contribution in [3.63, 3.8) is 0 Å². The maximum atomic E-state index is 10.5. The van der Waals surface area contributed by atoms with Crippen molar-refractivity contribution < 1.29 is 9.63 Å². The second-order valence-corrected chi connectivity index (χ2v) is 4.75. The van der Waals surface area contributed by atoms with Gasteiger partial charge in [0.2, 0.25) is 0 Å². The Morgan fingerprint density at radius 2 is 2.33 bits per heavy atom. The van der Waals surface area contributed by atoms with E-state index >= 15 is 0 Å². The summed E-state index contributed by atoms with van der Waals surface area (Å²) in [4.78, 5) is 0.